The molecular formula is C48H70N6O14S2. The van der Waals surface area contributed by atoms with Gasteiger partial charge in [0.2, 0.25) is 11.1 Å². The van der Waals surface area contributed by atoms with E-state index in [9.17, 15) is 37.9 Å². The second kappa shape index (κ2) is 21.0. The number of aryl methyl sites for hydroxylation is 4. The first-order chi connectivity index (χ1) is 31.5. The van der Waals surface area contributed by atoms with E-state index in [1.54, 1.807) is 148 Å². The fourth-order valence-corrected chi connectivity index (χ4v) is 9.51. The van der Waals surface area contributed by atoms with Crippen molar-refractivity contribution in [2.45, 2.75) is 168 Å². The van der Waals surface area contributed by atoms with Crippen LogP contribution in [-0.4, -0.2) is 137 Å². The molecule has 2 aliphatic heterocycles. The molecule has 0 aromatic heterocycles. The van der Waals surface area contributed by atoms with Crippen molar-refractivity contribution in [2.24, 2.45) is 10.2 Å². The van der Waals surface area contributed by atoms with E-state index in [2.05, 4.69) is 10.2 Å². The summed E-state index contributed by atoms with van der Waals surface area (Å²) < 4.78 is 45.8. The Balaban J connectivity index is 0.000000370. The molecule has 0 radical (unpaired) electrons. The summed E-state index contributed by atoms with van der Waals surface area (Å²) in [4.78, 5) is 90.6. The van der Waals surface area contributed by atoms with Gasteiger partial charge in [-0.1, -0.05) is 0 Å². The summed E-state index contributed by atoms with van der Waals surface area (Å²) in [5.74, 6) is -1.25. The molecule has 2 aromatic rings. The van der Waals surface area contributed by atoms with Crippen molar-refractivity contribution in [3.05, 3.63) is 57.6 Å². The molecule has 388 valence electrons. The third kappa shape index (κ3) is 13.8. The van der Waals surface area contributed by atoms with E-state index in [4.69, 9.17) is 28.6 Å². The molecule has 70 heavy (non-hydrogen) atoms. The zero-order valence-corrected chi connectivity index (χ0v) is 46.2. The standard InChI is InChI=1S/2C24H35N3O7S/c2*1-14-12-16(13-15(2)17(14)35(11)31)18-24(9,19(28)26(10)25-18)27(20(29)32-22(3,4)5)34-21(30)33-23(6,7)8/h2*12-13H,1-11H3. The molecule has 0 saturated heterocycles. The molecule has 0 fully saturated rings. The highest BCUT2D eigenvalue weighted by Gasteiger charge is 2.59. The maximum atomic E-state index is 13.4. The van der Waals surface area contributed by atoms with Gasteiger partial charge >= 0.3 is 24.5 Å². The zero-order chi connectivity index (χ0) is 54.2. The molecular weight excluding hydrogens is 949 g/mol. The number of hydrogen-bond acceptors (Lipinski definition) is 16. The van der Waals surface area contributed by atoms with Crippen LogP contribution in [0.25, 0.3) is 0 Å². The third-order valence-electron chi connectivity index (χ3n) is 9.93. The Morgan fingerprint density at radius 2 is 0.771 bits per heavy atom. The Labute approximate surface area is 417 Å². The first kappa shape index (κ1) is 58.7. The first-order valence-corrected chi connectivity index (χ1v) is 25.2. The molecule has 0 N–H and O–H groups in total. The monoisotopic (exact) mass is 1020 g/mol. The minimum absolute atomic E-state index is 0.152. The molecule has 4 amide bonds. The topological polar surface area (TPSA) is 242 Å². The molecule has 2 heterocycles. The van der Waals surface area contributed by atoms with Crippen LogP contribution in [-0.2, 0) is 60.6 Å². The Morgan fingerprint density at radius 3 is 0.986 bits per heavy atom. The highest BCUT2D eigenvalue weighted by Crippen LogP contribution is 2.36. The molecule has 2 aliphatic rings. The number of amides is 4. The maximum absolute atomic E-state index is 13.4. The number of benzene rings is 2. The number of carbonyl (C=O) groups is 6. The van der Waals surface area contributed by atoms with Crippen molar-refractivity contribution < 1.29 is 66.5 Å². The van der Waals surface area contributed by atoms with Gasteiger partial charge in [0.1, 0.15) is 46.3 Å². The van der Waals surface area contributed by atoms with E-state index in [1.165, 1.54) is 27.9 Å². The van der Waals surface area contributed by atoms with E-state index >= 15 is 0 Å². The first-order valence-electron chi connectivity index (χ1n) is 22.1. The van der Waals surface area contributed by atoms with Crippen molar-refractivity contribution in [1.82, 2.24) is 20.1 Å². The van der Waals surface area contributed by atoms with E-state index in [-0.39, 0.29) is 11.4 Å². The average Bonchev–Trinajstić information content (AvgIpc) is 3.52. The van der Waals surface area contributed by atoms with Gasteiger partial charge in [0, 0.05) is 47.5 Å². The van der Waals surface area contributed by atoms with Crippen LogP contribution < -0.4 is 0 Å². The minimum atomic E-state index is -1.88. The quantitative estimate of drug-likeness (QED) is 0.115. The van der Waals surface area contributed by atoms with Crippen LogP contribution in [0.2, 0.25) is 0 Å². The normalized spacial score (nSPS) is 19.3. The van der Waals surface area contributed by atoms with Crippen molar-refractivity contribution in [3.63, 3.8) is 0 Å². The van der Waals surface area contributed by atoms with Gasteiger partial charge < -0.3 is 28.1 Å². The SMILES string of the molecule is Cc1cc(C2=NN(C)C(=O)C2(C)N(OC(=O)OC(C)(C)C)C(=O)OC(C)(C)C)cc(C)c1[S+](C)[O-].Cc1cc(C2=NN(C)C(=O)C2(C)N(OC(=O)OC(C)(C)C)C(=O)OC(C)(C)C)cc(C)c1[S+](C)[O-]. The van der Waals surface area contributed by atoms with Crippen molar-refractivity contribution in [1.29, 1.82) is 0 Å². The summed E-state index contributed by atoms with van der Waals surface area (Å²) in [6, 6.07) is 6.92. The lowest BCUT2D eigenvalue weighted by Gasteiger charge is -2.36. The highest BCUT2D eigenvalue weighted by molar-refractivity contribution is 7.91. The van der Waals surface area contributed by atoms with Gasteiger partial charge in [0.25, 0.3) is 11.8 Å². The average molecular weight is 1020 g/mol. The van der Waals surface area contributed by atoms with Gasteiger partial charge in [-0.25, -0.2) is 29.2 Å². The highest BCUT2D eigenvalue weighted by atomic mass is 32.2. The summed E-state index contributed by atoms with van der Waals surface area (Å²) in [6.07, 6.45) is -1.33. The van der Waals surface area contributed by atoms with Crippen LogP contribution in [0.5, 0.6) is 0 Å². The van der Waals surface area contributed by atoms with Crippen LogP contribution in [0.4, 0.5) is 19.2 Å². The Hall–Kier alpha value is -5.58. The number of likely N-dealkylation sites (N-methyl/N-ethyl adjacent to an activating group) is 2. The van der Waals surface area contributed by atoms with E-state index < -0.39 is 92.1 Å². The summed E-state index contributed by atoms with van der Waals surface area (Å²) >= 11 is -2.46. The number of hydrogen-bond donors (Lipinski definition) is 0. The molecule has 0 saturated carbocycles. The summed E-state index contributed by atoms with van der Waals surface area (Å²) in [5.41, 5.74) is -3.27. The molecule has 4 atom stereocenters. The molecule has 0 bridgehead atoms. The second-order valence-corrected chi connectivity index (χ2v) is 23.8. The van der Waals surface area contributed by atoms with Gasteiger partial charge in [-0.2, -0.15) is 10.2 Å². The largest absolute Gasteiger partial charge is 0.612 e. The van der Waals surface area contributed by atoms with E-state index in [0.29, 0.717) is 31.0 Å². The van der Waals surface area contributed by atoms with Gasteiger partial charge in [0.05, 0.1) is 0 Å². The van der Waals surface area contributed by atoms with Crippen LogP contribution >= 0.6 is 0 Å². The summed E-state index contributed by atoms with van der Waals surface area (Å²) in [6.45, 7) is 29.7. The zero-order valence-electron chi connectivity index (χ0n) is 44.5. The van der Waals surface area contributed by atoms with Gasteiger partial charge in [0.15, 0.2) is 9.79 Å². The van der Waals surface area contributed by atoms with Gasteiger partial charge in [-0.3, -0.25) is 19.3 Å². The molecule has 4 rings (SSSR count). The number of carbonyl (C=O) groups excluding carboxylic acids is 6. The number of nitrogens with zero attached hydrogens (tertiary/aromatic N) is 6. The predicted octanol–water partition coefficient (Wildman–Crippen LogP) is 8.16. The smallest absolute Gasteiger partial charge is 0.534 e. The fourth-order valence-electron chi connectivity index (χ4n) is 7.46. The number of hydroxylamine groups is 4. The van der Waals surface area contributed by atoms with Crippen LogP contribution in [0.3, 0.4) is 0 Å². The lowest BCUT2D eigenvalue weighted by molar-refractivity contribution is -0.176. The van der Waals surface area contributed by atoms with E-state index in [0.717, 1.165) is 32.3 Å². The third-order valence-corrected chi connectivity index (χ3v) is 12.4. The second-order valence-electron chi connectivity index (χ2n) is 21.1. The minimum Gasteiger partial charge on any atom is -0.612 e. The summed E-state index contributed by atoms with van der Waals surface area (Å²) in [7, 11) is 2.87. The molecule has 2 aromatic carbocycles. The maximum Gasteiger partial charge on any atom is 0.534 e. The Kier molecular flexibility index (Phi) is 17.6. The van der Waals surface area contributed by atoms with Crippen LogP contribution in [0.15, 0.2) is 44.3 Å². The molecule has 0 spiro atoms. The number of ether oxygens (including phenoxy) is 4. The van der Waals surface area contributed by atoms with Crippen molar-refractivity contribution >= 4 is 70.1 Å². The molecule has 20 nitrogen and oxygen atoms in total. The summed E-state index contributed by atoms with van der Waals surface area (Å²) in [5, 5.41) is 12.0. The van der Waals surface area contributed by atoms with E-state index in [1.807, 2.05) is 0 Å². The van der Waals surface area contributed by atoms with Crippen LogP contribution in [0.1, 0.15) is 130 Å². The number of hydrazone groups is 2. The number of rotatable bonds is 6. The van der Waals surface area contributed by atoms with Gasteiger partial charge in [-0.05, 0) is 171 Å². The van der Waals surface area contributed by atoms with Crippen molar-refractivity contribution in [3.8, 4) is 0 Å². The Bertz CT molecular complexity index is 2230. The van der Waals surface area contributed by atoms with Crippen LogP contribution in [0, 0.1) is 27.7 Å². The lowest BCUT2D eigenvalue weighted by atomic mass is 9.88. The van der Waals surface area contributed by atoms with Crippen molar-refractivity contribution in [2.75, 3.05) is 26.6 Å². The molecule has 0 aliphatic carbocycles. The molecule has 22 heteroatoms. The molecule has 4 unspecified atom stereocenters. The van der Waals surface area contributed by atoms with Gasteiger partial charge in [-0.15, -0.1) is 10.1 Å². The predicted molar refractivity (Wildman–Crippen MR) is 263 cm³/mol. The Morgan fingerprint density at radius 1 is 0.529 bits per heavy atom. The fraction of sp³-hybridized carbons (Fsp3) is 0.583. The lowest BCUT2D eigenvalue weighted by Crippen LogP contribution is -2.61.